The van der Waals surface area contributed by atoms with Crippen LogP contribution in [0, 0.1) is 0 Å². The topological polar surface area (TPSA) is 91.3 Å². The maximum absolute atomic E-state index is 11.7. The fourth-order valence-corrected chi connectivity index (χ4v) is 1.85. The predicted molar refractivity (Wildman–Crippen MR) is 78.0 cm³/mol. The second-order valence-corrected chi connectivity index (χ2v) is 4.74. The summed E-state index contributed by atoms with van der Waals surface area (Å²) in [6.07, 6.45) is 1.28. The number of nitrogens with one attached hydrogen (secondary N) is 2. The van der Waals surface area contributed by atoms with Crippen LogP contribution in [0.1, 0.15) is 10.5 Å². The monoisotopic (exact) mass is 335 g/mol. The van der Waals surface area contributed by atoms with Crippen molar-refractivity contribution in [1.82, 2.24) is 4.98 Å². The Hall–Kier alpha value is -2.41. The molecule has 1 heterocycles. The van der Waals surface area contributed by atoms with E-state index in [9.17, 15) is 9.59 Å². The van der Waals surface area contributed by atoms with Gasteiger partial charge in [-0.15, -0.1) is 0 Å². The van der Waals surface area contributed by atoms with Crippen molar-refractivity contribution < 1.29 is 14.7 Å². The number of aromatic nitrogens is 1. The number of nitrogens with zero attached hydrogens (tertiary/aromatic N) is 1. The molecule has 0 aliphatic carbocycles. The van der Waals surface area contributed by atoms with Gasteiger partial charge in [-0.05, 0) is 30.3 Å². The standard InChI is InChI=1S/C13H10BrN3O3/c14-8-2-1-3-9(6-8)16-13(20)17-10-4-5-11(12(18)19)15-7-10/h1-7H,(H,18,19)(H2,16,17,20). The number of hydrogen-bond acceptors (Lipinski definition) is 3. The molecule has 2 amide bonds. The Balaban J connectivity index is 1.99. The summed E-state index contributed by atoms with van der Waals surface area (Å²) in [5.41, 5.74) is 0.956. The van der Waals surface area contributed by atoms with Crippen LogP contribution >= 0.6 is 15.9 Å². The summed E-state index contributed by atoms with van der Waals surface area (Å²) in [6, 6.07) is 9.49. The Labute approximate surface area is 123 Å². The smallest absolute Gasteiger partial charge is 0.354 e. The van der Waals surface area contributed by atoms with Gasteiger partial charge in [-0.2, -0.15) is 0 Å². The lowest BCUT2D eigenvalue weighted by atomic mass is 10.3. The SMILES string of the molecule is O=C(Nc1ccc(C(=O)O)nc1)Nc1cccc(Br)c1. The van der Waals surface area contributed by atoms with Crippen molar-refractivity contribution in [1.29, 1.82) is 0 Å². The Kier molecular flexibility index (Phi) is 4.31. The summed E-state index contributed by atoms with van der Waals surface area (Å²) in [4.78, 5) is 26.1. The minimum atomic E-state index is -1.12. The number of amides is 2. The van der Waals surface area contributed by atoms with Gasteiger partial charge < -0.3 is 15.7 Å². The summed E-state index contributed by atoms with van der Waals surface area (Å²) in [7, 11) is 0. The number of halogens is 1. The van der Waals surface area contributed by atoms with E-state index < -0.39 is 12.0 Å². The van der Waals surface area contributed by atoms with Gasteiger partial charge in [-0.3, -0.25) is 0 Å². The average Bonchev–Trinajstić information content (AvgIpc) is 2.39. The summed E-state index contributed by atoms with van der Waals surface area (Å²) in [5.74, 6) is -1.12. The van der Waals surface area contributed by atoms with Crippen LogP contribution in [0.2, 0.25) is 0 Å². The number of carboxylic acid groups (broad SMARTS) is 1. The Morgan fingerprint density at radius 3 is 2.45 bits per heavy atom. The molecule has 102 valence electrons. The second-order valence-electron chi connectivity index (χ2n) is 3.83. The number of carbonyl (C=O) groups is 2. The van der Waals surface area contributed by atoms with E-state index in [0.717, 1.165) is 4.47 Å². The maximum atomic E-state index is 11.7. The Morgan fingerprint density at radius 2 is 1.85 bits per heavy atom. The van der Waals surface area contributed by atoms with Crippen LogP contribution in [0.4, 0.5) is 16.2 Å². The molecule has 0 bridgehead atoms. The molecule has 0 aliphatic rings. The van der Waals surface area contributed by atoms with E-state index >= 15 is 0 Å². The molecular weight excluding hydrogens is 326 g/mol. The average molecular weight is 336 g/mol. The van der Waals surface area contributed by atoms with Gasteiger partial charge in [0, 0.05) is 10.2 Å². The van der Waals surface area contributed by atoms with Gasteiger partial charge in [0.2, 0.25) is 0 Å². The van der Waals surface area contributed by atoms with E-state index in [1.807, 2.05) is 6.07 Å². The lowest BCUT2D eigenvalue weighted by molar-refractivity contribution is 0.0690. The van der Waals surface area contributed by atoms with Crippen molar-refractivity contribution in [2.24, 2.45) is 0 Å². The van der Waals surface area contributed by atoms with Crippen LogP contribution in [0.3, 0.4) is 0 Å². The van der Waals surface area contributed by atoms with Crippen molar-refractivity contribution in [3.8, 4) is 0 Å². The molecule has 3 N–H and O–H groups in total. The largest absolute Gasteiger partial charge is 0.477 e. The number of carbonyl (C=O) groups excluding carboxylic acids is 1. The lowest BCUT2D eigenvalue weighted by Crippen LogP contribution is -2.19. The minimum absolute atomic E-state index is 0.0806. The first kappa shape index (κ1) is 14.0. The number of hydrogen-bond donors (Lipinski definition) is 3. The number of carboxylic acids is 1. The molecule has 20 heavy (non-hydrogen) atoms. The highest BCUT2D eigenvalue weighted by atomic mass is 79.9. The van der Waals surface area contributed by atoms with E-state index in [4.69, 9.17) is 5.11 Å². The zero-order valence-electron chi connectivity index (χ0n) is 10.1. The molecule has 0 saturated carbocycles. The zero-order chi connectivity index (χ0) is 14.5. The third-order valence-corrected chi connectivity index (χ3v) is 2.82. The molecule has 0 unspecified atom stereocenters. The van der Waals surface area contributed by atoms with E-state index in [-0.39, 0.29) is 5.69 Å². The minimum Gasteiger partial charge on any atom is -0.477 e. The predicted octanol–water partition coefficient (Wildman–Crippen LogP) is 3.19. The molecular formula is C13H10BrN3O3. The van der Waals surface area contributed by atoms with Crippen LogP contribution in [0.25, 0.3) is 0 Å². The third-order valence-electron chi connectivity index (χ3n) is 2.32. The molecule has 0 aliphatic heterocycles. The van der Waals surface area contributed by atoms with Gasteiger partial charge in [-0.25, -0.2) is 14.6 Å². The summed E-state index contributed by atoms with van der Waals surface area (Å²) in [6.45, 7) is 0. The van der Waals surface area contributed by atoms with Crippen LogP contribution in [-0.2, 0) is 0 Å². The Bertz CT molecular complexity index is 644. The molecule has 0 radical (unpaired) electrons. The van der Waals surface area contributed by atoms with Crippen molar-refractivity contribution in [3.05, 3.63) is 52.8 Å². The molecule has 0 spiro atoms. The highest BCUT2D eigenvalue weighted by Crippen LogP contribution is 2.16. The molecule has 2 rings (SSSR count). The number of rotatable bonds is 3. The van der Waals surface area contributed by atoms with E-state index in [2.05, 4.69) is 31.5 Å². The fourth-order valence-electron chi connectivity index (χ4n) is 1.45. The van der Waals surface area contributed by atoms with Crippen LogP contribution in [0.15, 0.2) is 47.1 Å². The van der Waals surface area contributed by atoms with Gasteiger partial charge in [0.15, 0.2) is 0 Å². The highest BCUT2D eigenvalue weighted by Gasteiger charge is 2.06. The van der Waals surface area contributed by atoms with E-state index in [1.54, 1.807) is 18.2 Å². The maximum Gasteiger partial charge on any atom is 0.354 e. The third kappa shape index (κ3) is 3.79. The molecule has 1 aromatic carbocycles. The number of pyridine rings is 1. The summed E-state index contributed by atoms with van der Waals surface area (Å²) >= 11 is 3.30. The van der Waals surface area contributed by atoms with Gasteiger partial charge in [0.25, 0.3) is 0 Å². The van der Waals surface area contributed by atoms with Crippen LogP contribution in [0.5, 0.6) is 0 Å². The van der Waals surface area contributed by atoms with Crippen molar-refractivity contribution in [2.45, 2.75) is 0 Å². The number of aromatic carboxylic acids is 1. The van der Waals surface area contributed by atoms with Crippen LogP contribution < -0.4 is 10.6 Å². The van der Waals surface area contributed by atoms with Gasteiger partial charge >= 0.3 is 12.0 Å². The highest BCUT2D eigenvalue weighted by molar-refractivity contribution is 9.10. The second kappa shape index (κ2) is 6.16. The van der Waals surface area contributed by atoms with Crippen molar-refractivity contribution in [3.63, 3.8) is 0 Å². The van der Waals surface area contributed by atoms with E-state index in [1.165, 1.54) is 18.3 Å². The summed E-state index contributed by atoms with van der Waals surface area (Å²) < 4.78 is 0.850. The van der Waals surface area contributed by atoms with Gasteiger partial charge in [0.05, 0.1) is 11.9 Å². The van der Waals surface area contributed by atoms with Crippen molar-refractivity contribution in [2.75, 3.05) is 10.6 Å². The quantitative estimate of drug-likeness (QED) is 0.803. The molecule has 2 aromatic rings. The molecule has 0 atom stereocenters. The first-order valence-electron chi connectivity index (χ1n) is 5.57. The lowest BCUT2D eigenvalue weighted by Gasteiger charge is -2.07. The first-order chi connectivity index (χ1) is 9.54. The Morgan fingerprint density at radius 1 is 1.10 bits per heavy atom. The van der Waals surface area contributed by atoms with Gasteiger partial charge in [-0.1, -0.05) is 22.0 Å². The molecule has 6 nitrogen and oxygen atoms in total. The number of urea groups is 1. The first-order valence-corrected chi connectivity index (χ1v) is 6.37. The van der Waals surface area contributed by atoms with E-state index in [0.29, 0.717) is 11.4 Å². The molecule has 0 fully saturated rings. The van der Waals surface area contributed by atoms with Gasteiger partial charge in [0.1, 0.15) is 5.69 Å². The molecule has 0 saturated heterocycles. The number of benzene rings is 1. The van der Waals surface area contributed by atoms with Crippen molar-refractivity contribution >= 4 is 39.3 Å². The number of anilines is 2. The summed E-state index contributed by atoms with van der Waals surface area (Å²) in [5, 5.41) is 13.9. The normalized spacial score (nSPS) is 9.85. The zero-order valence-corrected chi connectivity index (χ0v) is 11.7. The van der Waals surface area contributed by atoms with Crippen LogP contribution in [-0.4, -0.2) is 22.1 Å². The fraction of sp³-hybridized carbons (Fsp3) is 0. The molecule has 1 aromatic heterocycles. The molecule has 7 heteroatoms.